The number of benzene rings is 1. The molecule has 0 saturated heterocycles. The van der Waals surface area contributed by atoms with Crippen LogP contribution in [-0.4, -0.2) is 41.1 Å². The number of amides is 1. The summed E-state index contributed by atoms with van der Waals surface area (Å²) in [6.45, 7) is -0.0710. The van der Waals surface area contributed by atoms with E-state index in [4.69, 9.17) is 5.11 Å². The molecule has 7 heteroatoms. The number of para-hydroxylation sites is 1. The molecule has 1 amide bonds. The Bertz CT molecular complexity index is 508. The van der Waals surface area contributed by atoms with Crippen molar-refractivity contribution in [2.75, 3.05) is 6.54 Å². The molecular weight excluding hydrogens is 284 g/mol. The van der Waals surface area contributed by atoms with Crippen LogP contribution < -0.4 is 4.74 Å². The van der Waals surface area contributed by atoms with Crippen LogP contribution in [0.3, 0.4) is 0 Å². The van der Waals surface area contributed by atoms with Gasteiger partial charge in [-0.15, -0.1) is 0 Å². The van der Waals surface area contributed by atoms with E-state index in [2.05, 4.69) is 4.74 Å². The number of halogens is 2. The monoisotopic (exact) mass is 301 g/mol. The number of alkyl halides is 2. The van der Waals surface area contributed by atoms with Crippen molar-refractivity contribution in [1.29, 1.82) is 0 Å². The average Bonchev–Trinajstić information content (AvgIpc) is 2.43. The summed E-state index contributed by atoms with van der Waals surface area (Å²) < 4.78 is 29.0. The lowest BCUT2D eigenvalue weighted by Crippen LogP contribution is -2.42. The summed E-state index contributed by atoms with van der Waals surface area (Å²) in [5.74, 6) is -2.09. The lowest BCUT2D eigenvalue weighted by molar-refractivity contribution is -0.138. The first kappa shape index (κ1) is 16.9. The van der Waals surface area contributed by atoms with Gasteiger partial charge in [0.15, 0.2) is 0 Å². The Labute approximate surface area is 121 Å². The van der Waals surface area contributed by atoms with Crippen LogP contribution in [0.25, 0.3) is 0 Å². The zero-order chi connectivity index (χ0) is 16.0. The molecule has 21 heavy (non-hydrogen) atoms. The van der Waals surface area contributed by atoms with Gasteiger partial charge in [0.2, 0.25) is 0 Å². The number of hydrogen-bond donors (Lipinski definition) is 1. The molecule has 1 atom stereocenters. The topological polar surface area (TPSA) is 66.8 Å². The number of nitrogens with zero attached hydrogens (tertiary/aromatic N) is 1. The highest BCUT2D eigenvalue weighted by atomic mass is 19.3. The van der Waals surface area contributed by atoms with Gasteiger partial charge in [0.05, 0.1) is 5.56 Å². The number of carboxylic acids is 1. The van der Waals surface area contributed by atoms with Crippen molar-refractivity contribution in [3.63, 3.8) is 0 Å². The Morgan fingerprint density at radius 3 is 2.48 bits per heavy atom. The fourth-order valence-electron chi connectivity index (χ4n) is 1.79. The summed E-state index contributed by atoms with van der Waals surface area (Å²) in [5, 5.41) is 8.89. The van der Waals surface area contributed by atoms with E-state index in [9.17, 15) is 18.4 Å². The number of carboxylic acid groups (broad SMARTS) is 1. The molecule has 0 spiro atoms. The van der Waals surface area contributed by atoms with Gasteiger partial charge in [0.25, 0.3) is 5.91 Å². The van der Waals surface area contributed by atoms with Crippen LogP contribution in [0.2, 0.25) is 0 Å². The van der Waals surface area contributed by atoms with Crippen molar-refractivity contribution in [2.45, 2.75) is 32.9 Å². The zero-order valence-corrected chi connectivity index (χ0v) is 11.8. The third-order valence-corrected chi connectivity index (χ3v) is 3.02. The SMILES string of the molecule is CCC(C)N(CC(=O)O)C(=O)c1ccccc1OC(F)F. The van der Waals surface area contributed by atoms with Gasteiger partial charge in [-0.2, -0.15) is 8.78 Å². The van der Waals surface area contributed by atoms with Gasteiger partial charge in [0.1, 0.15) is 12.3 Å². The summed E-state index contributed by atoms with van der Waals surface area (Å²) >= 11 is 0. The maximum absolute atomic E-state index is 12.4. The fourth-order valence-corrected chi connectivity index (χ4v) is 1.79. The molecule has 0 aliphatic rings. The number of ether oxygens (including phenoxy) is 1. The van der Waals surface area contributed by atoms with Crippen molar-refractivity contribution in [2.24, 2.45) is 0 Å². The Hall–Kier alpha value is -2.18. The summed E-state index contributed by atoms with van der Waals surface area (Å²) in [6, 6.07) is 5.19. The van der Waals surface area contributed by atoms with Crippen LogP contribution >= 0.6 is 0 Å². The van der Waals surface area contributed by atoms with Crippen LogP contribution in [0.4, 0.5) is 8.78 Å². The Morgan fingerprint density at radius 2 is 1.95 bits per heavy atom. The van der Waals surface area contributed by atoms with E-state index >= 15 is 0 Å². The van der Waals surface area contributed by atoms with E-state index in [0.29, 0.717) is 6.42 Å². The van der Waals surface area contributed by atoms with Crippen molar-refractivity contribution in [3.8, 4) is 5.75 Å². The molecule has 0 fully saturated rings. The van der Waals surface area contributed by atoms with E-state index in [1.165, 1.54) is 24.3 Å². The van der Waals surface area contributed by atoms with Gasteiger partial charge in [-0.25, -0.2) is 0 Å². The number of aliphatic carboxylic acids is 1. The van der Waals surface area contributed by atoms with Crippen molar-refractivity contribution < 1.29 is 28.2 Å². The first-order valence-electron chi connectivity index (χ1n) is 6.43. The first-order chi connectivity index (χ1) is 9.86. The van der Waals surface area contributed by atoms with Crippen LogP contribution in [0, 0.1) is 0 Å². The van der Waals surface area contributed by atoms with Gasteiger partial charge in [-0.05, 0) is 25.5 Å². The summed E-state index contributed by atoms with van der Waals surface area (Å²) in [5.41, 5.74) is -0.0839. The number of carbonyl (C=O) groups is 2. The fraction of sp³-hybridized carbons (Fsp3) is 0.429. The maximum atomic E-state index is 12.4. The van der Waals surface area contributed by atoms with Gasteiger partial charge in [-0.1, -0.05) is 19.1 Å². The first-order valence-corrected chi connectivity index (χ1v) is 6.43. The molecule has 0 aliphatic heterocycles. The molecule has 0 bridgehead atoms. The van der Waals surface area contributed by atoms with Crippen molar-refractivity contribution >= 4 is 11.9 Å². The minimum Gasteiger partial charge on any atom is -0.480 e. The van der Waals surface area contributed by atoms with Crippen molar-refractivity contribution in [1.82, 2.24) is 4.90 Å². The second-order valence-electron chi connectivity index (χ2n) is 4.46. The van der Waals surface area contributed by atoms with Crippen LogP contribution in [0.1, 0.15) is 30.6 Å². The standard InChI is InChI=1S/C14H17F2NO4/c1-3-9(2)17(8-12(18)19)13(20)10-6-4-5-7-11(10)21-14(15)16/h4-7,9,14H,3,8H2,1-2H3,(H,18,19). The zero-order valence-electron chi connectivity index (χ0n) is 11.8. The third-order valence-electron chi connectivity index (χ3n) is 3.02. The molecule has 1 rings (SSSR count). The number of rotatable bonds is 7. The average molecular weight is 301 g/mol. The smallest absolute Gasteiger partial charge is 0.387 e. The van der Waals surface area contributed by atoms with E-state index in [1.54, 1.807) is 13.8 Å². The predicted octanol–water partition coefficient (Wildman–Crippen LogP) is 2.61. The lowest BCUT2D eigenvalue weighted by atomic mass is 10.1. The molecule has 0 aliphatic carbocycles. The van der Waals surface area contributed by atoms with Crippen LogP contribution in [-0.2, 0) is 4.79 Å². The number of carbonyl (C=O) groups excluding carboxylic acids is 1. The molecule has 1 unspecified atom stereocenters. The molecular formula is C14H17F2NO4. The van der Waals surface area contributed by atoms with Gasteiger partial charge < -0.3 is 14.7 Å². The molecule has 1 aromatic rings. The van der Waals surface area contributed by atoms with Gasteiger partial charge in [0, 0.05) is 6.04 Å². The van der Waals surface area contributed by atoms with E-state index in [-0.39, 0.29) is 17.4 Å². The quantitative estimate of drug-likeness (QED) is 0.840. The lowest BCUT2D eigenvalue weighted by Gasteiger charge is -2.27. The molecule has 0 saturated carbocycles. The molecule has 116 valence electrons. The van der Waals surface area contributed by atoms with E-state index in [0.717, 1.165) is 4.90 Å². The van der Waals surface area contributed by atoms with E-state index < -0.39 is 25.0 Å². The minimum atomic E-state index is -3.06. The summed E-state index contributed by atoms with van der Waals surface area (Å²) in [4.78, 5) is 24.4. The maximum Gasteiger partial charge on any atom is 0.387 e. The summed E-state index contributed by atoms with van der Waals surface area (Å²) in [7, 11) is 0. The molecule has 0 radical (unpaired) electrons. The van der Waals surface area contributed by atoms with E-state index in [1.807, 2.05) is 0 Å². The van der Waals surface area contributed by atoms with Crippen LogP contribution in [0.5, 0.6) is 5.75 Å². The largest absolute Gasteiger partial charge is 0.480 e. The predicted molar refractivity (Wildman–Crippen MR) is 71.5 cm³/mol. The molecule has 0 aromatic heterocycles. The highest BCUT2D eigenvalue weighted by molar-refractivity contribution is 5.98. The Kier molecular flexibility index (Phi) is 6.08. The highest BCUT2D eigenvalue weighted by Crippen LogP contribution is 2.23. The van der Waals surface area contributed by atoms with Crippen molar-refractivity contribution in [3.05, 3.63) is 29.8 Å². The van der Waals surface area contributed by atoms with Gasteiger partial charge in [-0.3, -0.25) is 9.59 Å². The second-order valence-corrected chi connectivity index (χ2v) is 4.46. The number of hydrogen-bond acceptors (Lipinski definition) is 3. The normalized spacial score (nSPS) is 12.0. The second kappa shape index (κ2) is 7.56. The molecule has 5 nitrogen and oxygen atoms in total. The minimum absolute atomic E-state index is 0.0839. The van der Waals surface area contributed by atoms with Gasteiger partial charge >= 0.3 is 12.6 Å². The summed E-state index contributed by atoms with van der Waals surface area (Å²) in [6.07, 6.45) is 0.539. The third kappa shape index (κ3) is 4.70. The molecule has 1 N–H and O–H groups in total. The Balaban J connectivity index is 3.11. The molecule has 1 aromatic carbocycles. The Morgan fingerprint density at radius 1 is 1.33 bits per heavy atom. The van der Waals surface area contributed by atoms with Crippen LogP contribution in [0.15, 0.2) is 24.3 Å². The molecule has 0 heterocycles. The highest BCUT2D eigenvalue weighted by Gasteiger charge is 2.25.